The normalized spacial score (nSPS) is 12.2. The predicted molar refractivity (Wildman–Crippen MR) is 79.3 cm³/mol. The lowest BCUT2D eigenvalue weighted by Gasteiger charge is -2.15. The number of ether oxygens (including phenoxy) is 1. The third-order valence-corrected chi connectivity index (χ3v) is 3.22. The number of halogens is 1. The van der Waals surface area contributed by atoms with Gasteiger partial charge in [0.2, 0.25) is 0 Å². The Labute approximate surface area is 119 Å². The van der Waals surface area contributed by atoms with Crippen LogP contribution in [-0.4, -0.2) is 6.61 Å². The summed E-state index contributed by atoms with van der Waals surface area (Å²) >= 11 is 0. The van der Waals surface area contributed by atoms with Crippen LogP contribution in [-0.2, 0) is 6.54 Å². The van der Waals surface area contributed by atoms with Gasteiger partial charge in [-0.1, -0.05) is 30.3 Å². The number of hydrogen-bond donors (Lipinski definition) is 1. The molecule has 0 aliphatic rings. The van der Waals surface area contributed by atoms with Gasteiger partial charge >= 0.3 is 0 Å². The van der Waals surface area contributed by atoms with Gasteiger partial charge in [-0.05, 0) is 37.6 Å². The first-order valence-electron chi connectivity index (χ1n) is 6.90. The Hall–Kier alpha value is -1.87. The number of nitrogens with one attached hydrogen (secondary N) is 1. The van der Waals surface area contributed by atoms with Crippen LogP contribution in [0.4, 0.5) is 4.39 Å². The van der Waals surface area contributed by atoms with E-state index >= 15 is 0 Å². The van der Waals surface area contributed by atoms with E-state index in [-0.39, 0.29) is 11.9 Å². The maximum absolute atomic E-state index is 13.6. The third kappa shape index (κ3) is 3.81. The molecule has 1 atom stereocenters. The van der Waals surface area contributed by atoms with Crippen LogP contribution >= 0.6 is 0 Å². The maximum Gasteiger partial charge on any atom is 0.127 e. The second-order valence-electron chi connectivity index (χ2n) is 4.70. The van der Waals surface area contributed by atoms with Crippen LogP contribution in [0.5, 0.6) is 5.75 Å². The maximum atomic E-state index is 13.6. The lowest BCUT2D eigenvalue weighted by molar-refractivity contribution is 0.340. The number of benzene rings is 2. The van der Waals surface area contributed by atoms with Gasteiger partial charge in [-0.25, -0.2) is 4.39 Å². The first kappa shape index (κ1) is 14.5. The first-order chi connectivity index (χ1) is 9.70. The van der Waals surface area contributed by atoms with Crippen molar-refractivity contribution in [1.82, 2.24) is 5.32 Å². The molecule has 0 aliphatic heterocycles. The Morgan fingerprint density at radius 2 is 1.80 bits per heavy atom. The first-order valence-corrected chi connectivity index (χ1v) is 6.90. The molecule has 0 aromatic heterocycles. The standard InChI is InChI=1S/C17H20FNO/c1-3-20-15-10-8-14(9-11-15)12-19-13(2)16-6-4-5-7-17(16)18/h4-11,13,19H,3,12H2,1-2H3/t13-/m1/s1. The van der Waals surface area contributed by atoms with Gasteiger partial charge in [-0.2, -0.15) is 0 Å². The summed E-state index contributed by atoms with van der Waals surface area (Å²) in [6, 6.07) is 14.8. The van der Waals surface area contributed by atoms with Gasteiger partial charge in [0.15, 0.2) is 0 Å². The van der Waals surface area contributed by atoms with Crippen molar-refractivity contribution < 1.29 is 9.13 Å². The van der Waals surface area contributed by atoms with Crippen LogP contribution in [0.25, 0.3) is 0 Å². The molecule has 0 saturated heterocycles. The highest BCUT2D eigenvalue weighted by Crippen LogP contribution is 2.17. The van der Waals surface area contributed by atoms with Crippen LogP contribution < -0.4 is 10.1 Å². The van der Waals surface area contributed by atoms with E-state index in [9.17, 15) is 4.39 Å². The molecule has 2 aromatic carbocycles. The molecule has 20 heavy (non-hydrogen) atoms. The molecular formula is C17H20FNO. The Kier molecular flexibility index (Phi) is 5.13. The molecule has 2 nitrogen and oxygen atoms in total. The molecule has 0 spiro atoms. The number of hydrogen-bond acceptors (Lipinski definition) is 2. The predicted octanol–water partition coefficient (Wildman–Crippen LogP) is 4.08. The minimum absolute atomic E-state index is 0.0252. The number of rotatable bonds is 6. The average Bonchev–Trinajstić information content (AvgIpc) is 2.47. The Morgan fingerprint density at radius 3 is 2.45 bits per heavy atom. The molecule has 1 N–H and O–H groups in total. The van der Waals surface area contributed by atoms with Gasteiger partial charge in [-0.15, -0.1) is 0 Å². The molecular weight excluding hydrogens is 253 g/mol. The van der Waals surface area contributed by atoms with Crippen molar-refractivity contribution in [1.29, 1.82) is 0 Å². The van der Waals surface area contributed by atoms with E-state index in [4.69, 9.17) is 4.74 Å². The Morgan fingerprint density at radius 1 is 1.10 bits per heavy atom. The molecule has 0 bridgehead atoms. The van der Waals surface area contributed by atoms with Gasteiger partial charge in [0.25, 0.3) is 0 Å². The van der Waals surface area contributed by atoms with Gasteiger partial charge in [-0.3, -0.25) is 0 Å². The summed E-state index contributed by atoms with van der Waals surface area (Å²) < 4.78 is 19.0. The van der Waals surface area contributed by atoms with Crippen molar-refractivity contribution >= 4 is 0 Å². The van der Waals surface area contributed by atoms with E-state index in [1.165, 1.54) is 6.07 Å². The summed E-state index contributed by atoms with van der Waals surface area (Å²) in [6.45, 7) is 5.29. The fraction of sp³-hybridized carbons (Fsp3) is 0.294. The summed E-state index contributed by atoms with van der Waals surface area (Å²) in [4.78, 5) is 0. The Balaban J connectivity index is 1.93. The summed E-state index contributed by atoms with van der Waals surface area (Å²) in [6.07, 6.45) is 0. The summed E-state index contributed by atoms with van der Waals surface area (Å²) in [7, 11) is 0. The second-order valence-corrected chi connectivity index (χ2v) is 4.70. The minimum Gasteiger partial charge on any atom is -0.494 e. The molecule has 2 aromatic rings. The van der Waals surface area contributed by atoms with Gasteiger partial charge in [0.1, 0.15) is 11.6 Å². The molecule has 0 saturated carbocycles. The summed E-state index contributed by atoms with van der Waals surface area (Å²) in [5, 5.41) is 3.33. The van der Waals surface area contributed by atoms with Gasteiger partial charge < -0.3 is 10.1 Å². The molecule has 106 valence electrons. The zero-order valence-corrected chi connectivity index (χ0v) is 11.9. The molecule has 0 unspecified atom stereocenters. The topological polar surface area (TPSA) is 21.3 Å². The van der Waals surface area contributed by atoms with E-state index in [2.05, 4.69) is 5.32 Å². The molecule has 0 fully saturated rings. The van der Waals surface area contributed by atoms with Gasteiger partial charge in [0.05, 0.1) is 6.61 Å². The van der Waals surface area contributed by atoms with Crippen molar-refractivity contribution in [3.05, 3.63) is 65.5 Å². The van der Waals surface area contributed by atoms with Crippen molar-refractivity contribution in [2.75, 3.05) is 6.61 Å². The fourth-order valence-electron chi connectivity index (χ4n) is 2.08. The monoisotopic (exact) mass is 273 g/mol. The van der Waals surface area contributed by atoms with E-state index in [1.807, 2.05) is 50.2 Å². The fourth-order valence-corrected chi connectivity index (χ4v) is 2.08. The van der Waals surface area contributed by atoms with Crippen LogP contribution in [0.1, 0.15) is 31.0 Å². The Bertz CT molecular complexity index is 539. The zero-order valence-electron chi connectivity index (χ0n) is 11.9. The van der Waals surface area contributed by atoms with E-state index < -0.39 is 0 Å². The van der Waals surface area contributed by atoms with Crippen molar-refractivity contribution in [3.8, 4) is 5.75 Å². The second kappa shape index (κ2) is 7.06. The SMILES string of the molecule is CCOc1ccc(CN[C@H](C)c2ccccc2F)cc1. The highest BCUT2D eigenvalue weighted by atomic mass is 19.1. The highest BCUT2D eigenvalue weighted by Gasteiger charge is 2.09. The van der Waals surface area contributed by atoms with Crippen molar-refractivity contribution in [3.63, 3.8) is 0 Å². The molecule has 0 radical (unpaired) electrons. The van der Waals surface area contributed by atoms with Gasteiger partial charge in [0, 0.05) is 18.2 Å². The molecule has 0 aliphatic carbocycles. The minimum atomic E-state index is -0.167. The van der Waals surface area contributed by atoms with E-state index in [0.29, 0.717) is 18.7 Å². The molecule has 2 rings (SSSR count). The highest BCUT2D eigenvalue weighted by molar-refractivity contribution is 5.27. The molecule has 0 heterocycles. The van der Waals surface area contributed by atoms with Crippen LogP contribution in [0, 0.1) is 5.82 Å². The quantitative estimate of drug-likeness (QED) is 0.856. The summed E-state index contributed by atoms with van der Waals surface area (Å²) in [5.41, 5.74) is 1.84. The smallest absolute Gasteiger partial charge is 0.127 e. The summed E-state index contributed by atoms with van der Waals surface area (Å²) in [5.74, 6) is 0.706. The van der Waals surface area contributed by atoms with E-state index in [1.54, 1.807) is 6.07 Å². The van der Waals surface area contributed by atoms with Crippen LogP contribution in [0.15, 0.2) is 48.5 Å². The lowest BCUT2D eigenvalue weighted by atomic mass is 10.1. The van der Waals surface area contributed by atoms with Crippen molar-refractivity contribution in [2.45, 2.75) is 26.4 Å². The van der Waals surface area contributed by atoms with Crippen LogP contribution in [0.3, 0.4) is 0 Å². The lowest BCUT2D eigenvalue weighted by Crippen LogP contribution is -2.19. The molecule has 0 amide bonds. The van der Waals surface area contributed by atoms with Crippen LogP contribution in [0.2, 0.25) is 0 Å². The largest absolute Gasteiger partial charge is 0.494 e. The van der Waals surface area contributed by atoms with Crippen molar-refractivity contribution in [2.24, 2.45) is 0 Å². The zero-order chi connectivity index (χ0) is 14.4. The molecule has 3 heteroatoms. The van der Waals surface area contributed by atoms with E-state index in [0.717, 1.165) is 11.3 Å². The third-order valence-electron chi connectivity index (χ3n) is 3.22. The average molecular weight is 273 g/mol.